The number of carboxylic acid groups (broad SMARTS) is 1. The summed E-state index contributed by atoms with van der Waals surface area (Å²) in [6.07, 6.45) is 3.45. The predicted octanol–water partition coefficient (Wildman–Crippen LogP) is 4.41. The molecule has 1 atom stereocenters. The average Bonchev–Trinajstić information content (AvgIpc) is 2.99. The molecule has 23 heavy (non-hydrogen) atoms. The van der Waals surface area contributed by atoms with Crippen molar-refractivity contribution in [2.45, 2.75) is 19.3 Å². The third-order valence-electron chi connectivity index (χ3n) is 4.06. The van der Waals surface area contributed by atoms with Gasteiger partial charge in [-0.15, -0.1) is 0 Å². The van der Waals surface area contributed by atoms with Crippen LogP contribution in [-0.2, 0) is 10.2 Å². The zero-order valence-corrected chi connectivity index (χ0v) is 13.0. The van der Waals surface area contributed by atoms with Crippen molar-refractivity contribution < 1.29 is 14.4 Å². The smallest absolute Gasteiger partial charge is 0.317 e. The molecular formula is C19H17NO3. The Bertz CT molecular complexity index is 894. The molecule has 0 aliphatic carbocycles. The lowest BCUT2D eigenvalue weighted by Gasteiger charge is -2.23. The van der Waals surface area contributed by atoms with Gasteiger partial charge in [0.1, 0.15) is 11.1 Å². The van der Waals surface area contributed by atoms with E-state index in [4.69, 9.17) is 4.52 Å². The standard InChI is InChI=1S/C19H17NO3/c1-3-12-19(2,18(21)22)15-10-6-4-8-13(15)17-14-9-5-7-11-16(14)23-20-17/h3-12H,1-2H3,(H,21,22). The molecule has 4 nitrogen and oxygen atoms in total. The van der Waals surface area contributed by atoms with E-state index in [1.807, 2.05) is 55.5 Å². The number of carbonyl (C=O) groups is 1. The molecule has 0 fully saturated rings. The average molecular weight is 307 g/mol. The van der Waals surface area contributed by atoms with Crippen molar-refractivity contribution in [3.63, 3.8) is 0 Å². The van der Waals surface area contributed by atoms with E-state index in [-0.39, 0.29) is 0 Å². The highest BCUT2D eigenvalue weighted by molar-refractivity contribution is 5.95. The van der Waals surface area contributed by atoms with Crippen LogP contribution in [0.5, 0.6) is 0 Å². The van der Waals surface area contributed by atoms with Crippen LogP contribution in [-0.4, -0.2) is 16.2 Å². The molecule has 0 saturated carbocycles. The third kappa shape index (κ3) is 2.42. The molecule has 0 aliphatic rings. The SMILES string of the molecule is CC=CC(C)(C(=O)O)c1ccccc1-c1noc2ccccc12. The summed E-state index contributed by atoms with van der Waals surface area (Å²) in [6, 6.07) is 15.0. The van der Waals surface area contributed by atoms with Crippen LogP contribution in [0.3, 0.4) is 0 Å². The number of benzene rings is 2. The Balaban J connectivity index is 2.29. The monoisotopic (exact) mass is 307 g/mol. The van der Waals surface area contributed by atoms with Gasteiger partial charge in [-0.2, -0.15) is 0 Å². The molecular weight excluding hydrogens is 290 g/mol. The summed E-state index contributed by atoms with van der Waals surface area (Å²) in [5.74, 6) is -0.907. The van der Waals surface area contributed by atoms with Crippen molar-refractivity contribution >= 4 is 16.9 Å². The van der Waals surface area contributed by atoms with Gasteiger partial charge < -0.3 is 9.63 Å². The molecule has 3 rings (SSSR count). The van der Waals surface area contributed by atoms with E-state index in [1.165, 1.54) is 0 Å². The zero-order chi connectivity index (χ0) is 16.4. The van der Waals surface area contributed by atoms with Gasteiger partial charge in [-0.25, -0.2) is 0 Å². The van der Waals surface area contributed by atoms with Crippen LogP contribution >= 0.6 is 0 Å². The normalized spacial score (nSPS) is 14.2. The van der Waals surface area contributed by atoms with Gasteiger partial charge in [0.2, 0.25) is 0 Å². The van der Waals surface area contributed by atoms with Crippen molar-refractivity contribution in [3.8, 4) is 11.3 Å². The number of allylic oxidation sites excluding steroid dienone is 1. The first kappa shape index (κ1) is 15.0. The Hall–Kier alpha value is -2.88. The van der Waals surface area contributed by atoms with Gasteiger partial charge in [0.25, 0.3) is 0 Å². The summed E-state index contributed by atoms with van der Waals surface area (Å²) in [6.45, 7) is 3.51. The van der Waals surface area contributed by atoms with Crippen molar-refractivity contribution in [3.05, 3.63) is 66.2 Å². The van der Waals surface area contributed by atoms with Crippen LogP contribution in [0.1, 0.15) is 19.4 Å². The van der Waals surface area contributed by atoms with Gasteiger partial charge in [-0.05, 0) is 31.5 Å². The summed E-state index contributed by atoms with van der Waals surface area (Å²) in [5.41, 5.74) is 1.66. The Labute approximate surface area is 134 Å². The van der Waals surface area contributed by atoms with Crippen LogP contribution in [0.2, 0.25) is 0 Å². The van der Waals surface area contributed by atoms with Gasteiger partial charge in [0, 0.05) is 10.9 Å². The molecule has 0 aliphatic heterocycles. The molecule has 0 radical (unpaired) electrons. The summed E-state index contributed by atoms with van der Waals surface area (Å²) < 4.78 is 5.38. The van der Waals surface area contributed by atoms with Crippen molar-refractivity contribution in [1.29, 1.82) is 0 Å². The maximum absolute atomic E-state index is 11.9. The molecule has 4 heteroatoms. The lowest BCUT2D eigenvalue weighted by atomic mass is 9.78. The van der Waals surface area contributed by atoms with E-state index < -0.39 is 11.4 Å². The van der Waals surface area contributed by atoms with Crippen LogP contribution < -0.4 is 0 Å². The number of aromatic nitrogens is 1. The second kappa shape index (κ2) is 5.72. The van der Waals surface area contributed by atoms with Gasteiger partial charge in [-0.1, -0.05) is 53.7 Å². The first-order valence-electron chi connectivity index (χ1n) is 7.39. The maximum atomic E-state index is 11.9. The maximum Gasteiger partial charge on any atom is 0.317 e. The molecule has 1 unspecified atom stereocenters. The minimum atomic E-state index is -1.13. The Morgan fingerprint density at radius 1 is 1.17 bits per heavy atom. The molecule has 1 N–H and O–H groups in total. The van der Waals surface area contributed by atoms with E-state index in [9.17, 15) is 9.90 Å². The summed E-state index contributed by atoms with van der Waals surface area (Å²) in [4.78, 5) is 11.9. The third-order valence-corrected chi connectivity index (χ3v) is 4.06. The second-order valence-corrected chi connectivity index (χ2v) is 5.58. The topological polar surface area (TPSA) is 63.3 Å². The fourth-order valence-corrected chi connectivity index (χ4v) is 2.83. The zero-order valence-electron chi connectivity index (χ0n) is 13.0. The number of rotatable bonds is 4. The number of nitrogens with zero attached hydrogens (tertiary/aromatic N) is 1. The molecule has 1 heterocycles. The van der Waals surface area contributed by atoms with Crippen molar-refractivity contribution in [2.75, 3.05) is 0 Å². The predicted molar refractivity (Wildman–Crippen MR) is 89.2 cm³/mol. The number of carboxylic acids is 1. The number of fused-ring (bicyclic) bond motifs is 1. The lowest BCUT2D eigenvalue weighted by Crippen LogP contribution is -2.30. The van der Waals surface area contributed by atoms with E-state index in [0.717, 1.165) is 10.9 Å². The summed E-state index contributed by atoms with van der Waals surface area (Å²) in [5, 5.41) is 14.8. The number of hydrogen-bond acceptors (Lipinski definition) is 3. The van der Waals surface area contributed by atoms with E-state index in [0.29, 0.717) is 16.8 Å². The van der Waals surface area contributed by atoms with Crippen LogP contribution in [0, 0.1) is 0 Å². The first-order chi connectivity index (χ1) is 11.1. The minimum absolute atomic E-state index is 0.660. The second-order valence-electron chi connectivity index (χ2n) is 5.58. The highest BCUT2D eigenvalue weighted by Crippen LogP contribution is 2.37. The molecule has 0 saturated heterocycles. The highest BCUT2D eigenvalue weighted by atomic mass is 16.5. The van der Waals surface area contributed by atoms with Gasteiger partial charge in [0.05, 0.1) is 0 Å². The largest absolute Gasteiger partial charge is 0.480 e. The van der Waals surface area contributed by atoms with Gasteiger partial charge >= 0.3 is 5.97 Å². The van der Waals surface area contributed by atoms with Gasteiger partial charge in [0.15, 0.2) is 5.58 Å². The number of para-hydroxylation sites is 1. The quantitative estimate of drug-likeness (QED) is 0.725. The summed E-state index contributed by atoms with van der Waals surface area (Å²) in [7, 11) is 0. The Morgan fingerprint density at radius 3 is 2.61 bits per heavy atom. The van der Waals surface area contributed by atoms with Crippen molar-refractivity contribution in [2.24, 2.45) is 0 Å². The number of aliphatic carboxylic acids is 1. The fourth-order valence-electron chi connectivity index (χ4n) is 2.83. The number of hydrogen-bond donors (Lipinski definition) is 1. The van der Waals surface area contributed by atoms with E-state index in [2.05, 4.69) is 5.16 Å². The van der Waals surface area contributed by atoms with Crippen molar-refractivity contribution in [1.82, 2.24) is 5.16 Å². The molecule has 116 valence electrons. The molecule has 0 amide bonds. The fraction of sp³-hybridized carbons (Fsp3) is 0.158. The molecule has 0 spiro atoms. The van der Waals surface area contributed by atoms with Crippen LogP contribution in [0.15, 0.2) is 65.2 Å². The Morgan fingerprint density at radius 2 is 1.87 bits per heavy atom. The molecule has 1 aromatic heterocycles. The van der Waals surface area contributed by atoms with Crippen LogP contribution in [0.25, 0.3) is 22.2 Å². The van der Waals surface area contributed by atoms with Crippen LogP contribution in [0.4, 0.5) is 0 Å². The van der Waals surface area contributed by atoms with Gasteiger partial charge in [-0.3, -0.25) is 4.79 Å². The van der Waals surface area contributed by atoms with E-state index in [1.54, 1.807) is 19.1 Å². The Kier molecular flexibility index (Phi) is 3.74. The lowest BCUT2D eigenvalue weighted by molar-refractivity contribution is -0.141. The first-order valence-corrected chi connectivity index (χ1v) is 7.39. The molecule has 2 aromatic carbocycles. The molecule has 0 bridgehead atoms. The molecule has 3 aromatic rings. The summed E-state index contributed by atoms with van der Waals surface area (Å²) >= 11 is 0. The van der Waals surface area contributed by atoms with E-state index >= 15 is 0 Å². The minimum Gasteiger partial charge on any atom is -0.480 e. The highest BCUT2D eigenvalue weighted by Gasteiger charge is 2.35.